The van der Waals surface area contributed by atoms with Crippen molar-refractivity contribution in [1.82, 2.24) is 10.3 Å². The number of carbonyl (C=O) groups excluding carboxylic acids is 1. The number of hydrogen-bond acceptors (Lipinski definition) is 5. The van der Waals surface area contributed by atoms with Crippen LogP contribution in [0.15, 0.2) is 48.5 Å². The van der Waals surface area contributed by atoms with Crippen LogP contribution in [-0.2, 0) is 0 Å². The van der Waals surface area contributed by atoms with Crippen LogP contribution in [0.1, 0.15) is 37.8 Å². The van der Waals surface area contributed by atoms with Gasteiger partial charge in [0.05, 0.1) is 17.7 Å². The van der Waals surface area contributed by atoms with Crippen molar-refractivity contribution in [2.45, 2.75) is 26.7 Å². The molecule has 0 aliphatic heterocycles. The number of pyridine rings is 1. The number of aromatic nitrogens is 1. The van der Waals surface area contributed by atoms with Gasteiger partial charge in [0, 0.05) is 24.2 Å². The Morgan fingerprint density at radius 1 is 1.13 bits per heavy atom. The van der Waals surface area contributed by atoms with Crippen molar-refractivity contribution >= 4 is 28.4 Å². The molecule has 2 aromatic carbocycles. The SMILES string of the molecule is CCOc1ccc2nc(NCCNC(=O)Nc3ccc(C(C)C)cc3)c(C#N)cc2c1. The van der Waals surface area contributed by atoms with Gasteiger partial charge in [-0.1, -0.05) is 26.0 Å². The van der Waals surface area contributed by atoms with Crippen molar-refractivity contribution in [3.8, 4) is 11.8 Å². The minimum atomic E-state index is -0.283. The summed E-state index contributed by atoms with van der Waals surface area (Å²) < 4.78 is 5.51. The van der Waals surface area contributed by atoms with Crippen molar-refractivity contribution in [3.63, 3.8) is 0 Å². The normalized spacial score (nSPS) is 10.5. The molecule has 0 unspecified atom stereocenters. The quantitative estimate of drug-likeness (QED) is 0.455. The van der Waals surface area contributed by atoms with E-state index in [2.05, 4.69) is 40.9 Å². The van der Waals surface area contributed by atoms with E-state index in [9.17, 15) is 10.1 Å². The summed E-state index contributed by atoms with van der Waals surface area (Å²) >= 11 is 0. The predicted octanol–water partition coefficient (Wildman–Crippen LogP) is 4.86. The van der Waals surface area contributed by atoms with Crippen molar-refractivity contribution in [2.24, 2.45) is 0 Å². The monoisotopic (exact) mass is 417 g/mol. The molecule has 0 aliphatic rings. The minimum absolute atomic E-state index is 0.283. The van der Waals surface area contributed by atoms with E-state index in [4.69, 9.17) is 4.74 Å². The molecule has 1 aromatic heterocycles. The first-order valence-electron chi connectivity index (χ1n) is 10.4. The van der Waals surface area contributed by atoms with E-state index in [1.165, 1.54) is 5.56 Å². The summed E-state index contributed by atoms with van der Waals surface area (Å²) in [6.45, 7) is 7.57. The molecular weight excluding hydrogens is 390 g/mol. The summed E-state index contributed by atoms with van der Waals surface area (Å²) in [6, 6.07) is 17.1. The molecule has 0 radical (unpaired) electrons. The third-order valence-corrected chi connectivity index (χ3v) is 4.76. The van der Waals surface area contributed by atoms with Crippen LogP contribution >= 0.6 is 0 Å². The summed E-state index contributed by atoms with van der Waals surface area (Å²) in [5, 5.41) is 19.0. The molecule has 0 fully saturated rings. The molecule has 31 heavy (non-hydrogen) atoms. The smallest absolute Gasteiger partial charge is 0.319 e. The standard InChI is InChI=1S/C24H27N5O2/c1-4-31-21-9-10-22-18(14-21)13-19(15-25)23(29-22)26-11-12-27-24(30)28-20-7-5-17(6-8-20)16(2)3/h5-10,13-14,16H,4,11-12H2,1-3H3,(H,26,29)(H2,27,28,30). The zero-order valence-corrected chi connectivity index (χ0v) is 18.0. The maximum absolute atomic E-state index is 12.1. The van der Waals surface area contributed by atoms with Crippen LogP contribution < -0.4 is 20.7 Å². The van der Waals surface area contributed by atoms with Crippen LogP contribution in [0.2, 0.25) is 0 Å². The van der Waals surface area contributed by atoms with Crippen molar-refractivity contribution in [1.29, 1.82) is 5.26 Å². The Morgan fingerprint density at radius 3 is 2.58 bits per heavy atom. The minimum Gasteiger partial charge on any atom is -0.494 e. The van der Waals surface area contributed by atoms with Gasteiger partial charge in [-0.25, -0.2) is 9.78 Å². The molecule has 7 heteroatoms. The Balaban J connectivity index is 1.54. The maximum atomic E-state index is 12.1. The van der Waals surface area contributed by atoms with Crippen molar-refractivity contribution < 1.29 is 9.53 Å². The molecule has 0 saturated heterocycles. The fourth-order valence-corrected chi connectivity index (χ4v) is 3.11. The summed E-state index contributed by atoms with van der Waals surface area (Å²) in [5.41, 5.74) is 3.17. The lowest BCUT2D eigenvalue weighted by molar-refractivity contribution is 0.252. The Labute approximate surface area is 182 Å². The first-order chi connectivity index (χ1) is 15.0. The number of ether oxygens (including phenoxy) is 1. The largest absolute Gasteiger partial charge is 0.494 e. The van der Waals surface area contributed by atoms with E-state index >= 15 is 0 Å². The van der Waals surface area contributed by atoms with E-state index in [0.717, 1.165) is 22.3 Å². The Hall–Kier alpha value is -3.79. The van der Waals surface area contributed by atoms with E-state index in [-0.39, 0.29) is 6.03 Å². The molecule has 3 N–H and O–H groups in total. The Kier molecular flexibility index (Phi) is 7.28. The lowest BCUT2D eigenvalue weighted by Gasteiger charge is -2.12. The van der Waals surface area contributed by atoms with Gasteiger partial charge in [0.25, 0.3) is 0 Å². The van der Waals surface area contributed by atoms with Gasteiger partial charge in [0.1, 0.15) is 17.6 Å². The Morgan fingerprint density at radius 2 is 1.90 bits per heavy atom. The summed E-state index contributed by atoms with van der Waals surface area (Å²) in [6.07, 6.45) is 0. The lowest BCUT2D eigenvalue weighted by atomic mass is 10.0. The molecule has 1 heterocycles. The molecule has 0 bridgehead atoms. The maximum Gasteiger partial charge on any atom is 0.319 e. The molecule has 7 nitrogen and oxygen atoms in total. The number of nitrogens with zero attached hydrogens (tertiary/aromatic N) is 2. The second kappa shape index (κ2) is 10.3. The lowest BCUT2D eigenvalue weighted by Crippen LogP contribution is -2.32. The molecule has 0 saturated carbocycles. The van der Waals surface area contributed by atoms with Gasteiger partial charge in [0.15, 0.2) is 0 Å². The number of rotatable bonds is 8. The van der Waals surface area contributed by atoms with Gasteiger partial charge in [-0.05, 0) is 54.8 Å². The van der Waals surface area contributed by atoms with Crippen LogP contribution in [0.25, 0.3) is 10.9 Å². The molecule has 2 amide bonds. The highest BCUT2D eigenvalue weighted by Crippen LogP contribution is 2.24. The van der Waals surface area contributed by atoms with Crippen molar-refractivity contribution in [2.75, 3.05) is 30.3 Å². The molecular formula is C24H27N5O2. The molecule has 160 valence electrons. The van der Waals surface area contributed by atoms with Crippen LogP contribution in [0.4, 0.5) is 16.3 Å². The zero-order chi connectivity index (χ0) is 22.2. The average Bonchev–Trinajstić information content (AvgIpc) is 2.76. The number of urea groups is 1. The molecule has 3 rings (SSSR count). The number of nitriles is 1. The van der Waals surface area contributed by atoms with Crippen LogP contribution in [0.3, 0.4) is 0 Å². The van der Waals surface area contributed by atoms with Gasteiger partial charge in [-0.15, -0.1) is 0 Å². The van der Waals surface area contributed by atoms with E-state index in [0.29, 0.717) is 37.0 Å². The number of anilines is 2. The number of carbonyl (C=O) groups is 1. The summed E-state index contributed by atoms with van der Waals surface area (Å²) in [5.74, 6) is 1.68. The molecule has 0 spiro atoms. The second-order valence-electron chi connectivity index (χ2n) is 7.37. The highest BCUT2D eigenvalue weighted by molar-refractivity contribution is 5.89. The second-order valence-corrected chi connectivity index (χ2v) is 7.37. The van der Waals surface area contributed by atoms with Crippen LogP contribution in [-0.4, -0.2) is 30.7 Å². The number of fused-ring (bicyclic) bond motifs is 1. The van der Waals surface area contributed by atoms with Gasteiger partial charge < -0.3 is 20.7 Å². The van der Waals surface area contributed by atoms with Gasteiger partial charge >= 0.3 is 6.03 Å². The molecule has 3 aromatic rings. The van der Waals surface area contributed by atoms with Crippen LogP contribution in [0.5, 0.6) is 5.75 Å². The fourth-order valence-electron chi connectivity index (χ4n) is 3.11. The molecule has 0 aliphatic carbocycles. The van der Waals surface area contributed by atoms with Gasteiger partial charge in [-0.3, -0.25) is 0 Å². The number of benzene rings is 2. The summed E-state index contributed by atoms with van der Waals surface area (Å²) in [7, 11) is 0. The number of nitrogens with one attached hydrogen (secondary N) is 3. The molecule has 0 atom stereocenters. The number of hydrogen-bond donors (Lipinski definition) is 3. The topological polar surface area (TPSA) is 99.1 Å². The highest BCUT2D eigenvalue weighted by atomic mass is 16.5. The van der Waals surface area contributed by atoms with E-state index in [1.807, 2.05) is 49.4 Å². The Bertz CT molecular complexity index is 1090. The summed E-state index contributed by atoms with van der Waals surface area (Å²) in [4.78, 5) is 16.6. The predicted molar refractivity (Wildman–Crippen MR) is 124 cm³/mol. The highest BCUT2D eigenvalue weighted by Gasteiger charge is 2.08. The van der Waals surface area contributed by atoms with Gasteiger partial charge in [0.2, 0.25) is 0 Å². The van der Waals surface area contributed by atoms with Crippen molar-refractivity contribution in [3.05, 3.63) is 59.7 Å². The first-order valence-corrected chi connectivity index (χ1v) is 10.4. The first kappa shape index (κ1) is 21.9. The average molecular weight is 418 g/mol. The number of amides is 2. The fraction of sp³-hybridized carbons (Fsp3) is 0.292. The third kappa shape index (κ3) is 5.86. The van der Waals surface area contributed by atoms with Gasteiger partial charge in [-0.2, -0.15) is 5.26 Å². The zero-order valence-electron chi connectivity index (χ0n) is 18.0. The third-order valence-electron chi connectivity index (χ3n) is 4.76. The van der Waals surface area contributed by atoms with E-state index in [1.54, 1.807) is 6.07 Å². The van der Waals surface area contributed by atoms with E-state index < -0.39 is 0 Å². The van der Waals surface area contributed by atoms with Crippen LogP contribution in [0, 0.1) is 11.3 Å².